The lowest BCUT2D eigenvalue weighted by atomic mass is 10.1. The number of aromatic nitrogens is 1. The van der Waals surface area contributed by atoms with E-state index in [4.69, 9.17) is 4.74 Å². The molecule has 2 N–H and O–H groups in total. The number of nitrogens with zero attached hydrogens (tertiary/aromatic N) is 1. The zero-order valence-corrected chi connectivity index (χ0v) is 14.4. The minimum absolute atomic E-state index is 0.256. The molecule has 5 nitrogen and oxygen atoms in total. The van der Waals surface area contributed by atoms with Crippen LogP contribution in [0.15, 0.2) is 53.8 Å². The smallest absolute Gasteiger partial charge is 0.271 e. The summed E-state index contributed by atoms with van der Waals surface area (Å²) in [5.74, 6) is 0.487. The lowest BCUT2D eigenvalue weighted by molar-refractivity contribution is 0.0955. The van der Waals surface area contributed by atoms with Gasteiger partial charge in [-0.1, -0.05) is 25.1 Å². The maximum atomic E-state index is 12.1. The first-order chi connectivity index (χ1) is 12.2. The van der Waals surface area contributed by atoms with Crippen LogP contribution in [0.3, 0.4) is 0 Å². The quantitative estimate of drug-likeness (QED) is 0.530. The normalized spacial score (nSPS) is 11.1. The third-order valence-corrected chi connectivity index (χ3v) is 4.01. The average molecular weight is 335 g/mol. The number of H-pyrrole nitrogens is 1. The first kappa shape index (κ1) is 16.8. The number of ether oxygens (including phenoxy) is 1. The lowest BCUT2D eigenvalue weighted by Gasteiger charge is -2.04. The second kappa shape index (κ2) is 7.66. The fourth-order valence-electron chi connectivity index (χ4n) is 2.73. The van der Waals surface area contributed by atoms with Gasteiger partial charge >= 0.3 is 0 Å². The molecule has 1 heterocycles. The number of benzene rings is 2. The number of hydrazone groups is 1. The number of rotatable bonds is 6. The van der Waals surface area contributed by atoms with Crippen molar-refractivity contribution >= 4 is 23.0 Å². The van der Waals surface area contributed by atoms with E-state index in [1.165, 1.54) is 5.56 Å². The molecule has 25 heavy (non-hydrogen) atoms. The van der Waals surface area contributed by atoms with Crippen LogP contribution in [-0.2, 0) is 6.42 Å². The molecule has 0 unspecified atom stereocenters. The number of aryl methyl sites for hydroxylation is 1. The Hall–Kier alpha value is -3.08. The molecule has 0 spiro atoms. The number of para-hydroxylation sites is 1. The van der Waals surface area contributed by atoms with Crippen LogP contribution in [0.2, 0.25) is 0 Å². The van der Waals surface area contributed by atoms with E-state index in [9.17, 15) is 4.79 Å². The second-order valence-electron chi connectivity index (χ2n) is 5.59. The topological polar surface area (TPSA) is 66.5 Å². The van der Waals surface area contributed by atoms with Gasteiger partial charge in [0.15, 0.2) is 0 Å². The molecule has 1 aromatic heterocycles. The number of nitrogens with one attached hydrogen (secondary N) is 2. The molecule has 0 aliphatic heterocycles. The highest BCUT2D eigenvalue weighted by atomic mass is 16.5. The van der Waals surface area contributed by atoms with E-state index < -0.39 is 0 Å². The van der Waals surface area contributed by atoms with Gasteiger partial charge in [0.1, 0.15) is 5.75 Å². The summed E-state index contributed by atoms with van der Waals surface area (Å²) in [4.78, 5) is 15.4. The largest absolute Gasteiger partial charge is 0.494 e. The predicted octanol–water partition coefficient (Wildman–Crippen LogP) is 3.89. The van der Waals surface area contributed by atoms with Crippen LogP contribution in [0.5, 0.6) is 5.75 Å². The highest BCUT2D eigenvalue weighted by Crippen LogP contribution is 2.21. The van der Waals surface area contributed by atoms with Gasteiger partial charge < -0.3 is 9.72 Å². The van der Waals surface area contributed by atoms with Gasteiger partial charge in [0.05, 0.1) is 12.8 Å². The first-order valence-electron chi connectivity index (χ1n) is 8.38. The molecule has 0 bridgehead atoms. The summed E-state index contributed by atoms with van der Waals surface area (Å²) in [5, 5.41) is 5.17. The van der Waals surface area contributed by atoms with Crippen molar-refractivity contribution in [1.82, 2.24) is 10.4 Å². The van der Waals surface area contributed by atoms with Crippen molar-refractivity contribution in [3.63, 3.8) is 0 Å². The van der Waals surface area contributed by atoms with Crippen LogP contribution in [0, 0.1) is 0 Å². The highest BCUT2D eigenvalue weighted by Gasteiger charge is 2.06. The Kier molecular flexibility index (Phi) is 5.14. The van der Waals surface area contributed by atoms with Crippen molar-refractivity contribution in [1.29, 1.82) is 0 Å². The number of aromatic amines is 1. The molecule has 3 aromatic rings. The third kappa shape index (κ3) is 3.71. The number of carbonyl (C=O) groups is 1. The Bertz CT molecular complexity index is 895. The molecular formula is C20H21N3O2. The number of carbonyl (C=O) groups excluding carboxylic acids is 1. The maximum Gasteiger partial charge on any atom is 0.271 e. The van der Waals surface area contributed by atoms with Gasteiger partial charge in [-0.2, -0.15) is 5.10 Å². The third-order valence-electron chi connectivity index (χ3n) is 4.01. The zero-order chi connectivity index (χ0) is 17.6. The van der Waals surface area contributed by atoms with Crippen molar-refractivity contribution in [2.75, 3.05) is 6.61 Å². The van der Waals surface area contributed by atoms with Crippen molar-refractivity contribution < 1.29 is 9.53 Å². The van der Waals surface area contributed by atoms with E-state index >= 15 is 0 Å². The summed E-state index contributed by atoms with van der Waals surface area (Å²) in [5.41, 5.74) is 6.41. The van der Waals surface area contributed by atoms with E-state index in [0.717, 1.165) is 28.6 Å². The number of fused-ring (bicyclic) bond motifs is 1. The summed E-state index contributed by atoms with van der Waals surface area (Å²) in [6.45, 7) is 4.64. The Labute approximate surface area is 146 Å². The summed E-state index contributed by atoms with van der Waals surface area (Å²) >= 11 is 0. The Morgan fingerprint density at radius 1 is 1.20 bits per heavy atom. The second-order valence-corrected chi connectivity index (χ2v) is 5.59. The molecule has 5 heteroatoms. The standard InChI is InChI=1S/C20H21N3O2/c1-3-14-6-5-7-18-16(12-21-19(14)18)13-22-23-20(24)15-8-10-17(11-9-15)25-4-2/h5-13,21H,3-4H2,1-2H3,(H,23,24)/b22-13+. The van der Waals surface area contributed by atoms with E-state index in [-0.39, 0.29) is 5.91 Å². The molecule has 0 saturated heterocycles. The minimum atomic E-state index is -0.256. The van der Waals surface area contributed by atoms with Gasteiger partial charge in [0.25, 0.3) is 5.91 Å². The minimum Gasteiger partial charge on any atom is -0.494 e. The average Bonchev–Trinajstić information content (AvgIpc) is 3.06. The lowest BCUT2D eigenvalue weighted by Crippen LogP contribution is -2.17. The van der Waals surface area contributed by atoms with E-state index in [0.29, 0.717) is 12.2 Å². The van der Waals surface area contributed by atoms with Crippen molar-refractivity contribution in [3.8, 4) is 5.75 Å². The SMILES string of the molecule is CCOc1ccc(C(=O)N/N=C/c2c[nH]c3c(CC)cccc23)cc1. The van der Waals surface area contributed by atoms with Crippen LogP contribution < -0.4 is 10.2 Å². The molecule has 2 aromatic carbocycles. The number of amides is 1. The molecule has 0 radical (unpaired) electrons. The molecular weight excluding hydrogens is 314 g/mol. The number of hydrogen-bond donors (Lipinski definition) is 2. The predicted molar refractivity (Wildman–Crippen MR) is 100 cm³/mol. The van der Waals surface area contributed by atoms with E-state index in [1.807, 2.05) is 25.3 Å². The fraction of sp³-hybridized carbons (Fsp3) is 0.200. The van der Waals surface area contributed by atoms with Gasteiger partial charge in [-0.3, -0.25) is 4.79 Å². The van der Waals surface area contributed by atoms with Crippen LogP contribution in [-0.4, -0.2) is 23.7 Å². The summed E-state index contributed by atoms with van der Waals surface area (Å²) in [6.07, 6.45) is 4.52. The molecule has 128 valence electrons. The first-order valence-corrected chi connectivity index (χ1v) is 8.38. The zero-order valence-electron chi connectivity index (χ0n) is 14.4. The van der Waals surface area contributed by atoms with Crippen LogP contribution in [0.4, 0.5) is 0 Å². The molecule has 0 aliphatic carbocycles. The van der Waals surface area contributed by atoms with Gasteiger partial charge in [-0.25, -0.2) is 5.43 Å². The number of hydrogen-bond acceptors (Lipinski definition) is 3. The fourth-order valence-corrected chi connectivity index (χ4v) is 2.73. The Morgan fingerprint density at radius 2 is 2.00 bits per heavy atom. The van der Waals surface area contributed by atoms with Crippen molar-refractivity contribution in [2.24, 2.45) is 5.10 Å². The van der Waals surface area contributed by atoms with Crippen molar-refractivity contribution in [2.45, 2.75) is 20.3 Å². The summed E-state index contributed by atoms with van der Waals surface area (Å²) in [7, 11) is 0. The van der Waals surface area contributed by atoms with Crippen LogP contribution >= 0.6 is 0 Å². The molecule has 1 amide bonds. The molecule has 0 aliphatic rings. The highest BCUT2D eigenvalue weighted by molar-refractivity contribution is 6.01. The van der Waals surface area contributed by atoms with Gasteiger partial charge in [-0.05, 0) is 43.2 Å². The van der Waals surface area contributed by atoms with Crippen molar-refractivity contribution in [3.05, 3.63) is 65.4 Å². The Morgan fingerprint density at radius 3 is 2.72 bits per heavy atom. The van der Waals surface area contributed by atoms with Gasteiger partial charge in [0, 0.05) is 28.2 Å². The summed E-state index contributed by atoms with van der Waals surface area (Å²) in [6, 6.07) is 13.2. The Balaban J connectivity index is 1.69. The van der Waals surface area contributed by atoms with Gasteiger partial charge in [-0.15, -0.1) is 0 Å². The molecule has 0 fully saturated rings. The van der Waals surface area contributed by atoms with Gasteiger partial charge in [0.2, 0.25) is 0 Å². The van der Waals surface area contributed by atoms with Crippen LogP contribution in [0.25, 0.3) is 10.9 Å². The molecule has 3 rings (SSSR count). The molecule has 0 atom stereocenters. The van der Waals surface area contributed by atoms with E-state index in [2.05, 4.69) is 28.5 Å². The molecule has 0 saturated carbocycles. The summed E-state index contributed by atoms with van der Waals surface area (Å²) < 4.78 is 5.37. The maximum absolute atomic E-state index is 12.1. The van der Waals surface area contributed by atoms with E-state index in [1.54, 1.807) is 30.5 Å². The van der Waals surface area contributed by atoms with Crippen LogP contribution in [0.1, 0.15) is 35.3 Å². The monoisotopic (exact) mass is 335 g/mol.